The molecule has 0 bridgehead atoms. The Balaban J connectivity index is 1.25. The van der Waals surface area contributed by atoms with Crippen molar-refractivity contribution in [3.63, 3.8) is 0 Å². The molecule has 0 spiro atoms. The molecular weight excluding hydrogens is 550 g/mol. The molecule has 1 aliphatic rings. The van der Waals surface area contributed by atoms with Gasteiger partial charge in [0, 0.05) is 42.0 Å². The Morgan fingerprint density at radius 3 is 1.67 bits per heavy atom. The van der Waals surface area contributed by atoms with Crippen molar-refractivity contribution in [2.24, 2.45) is 5.10 Å². The van der Waals surface area contributed by atoms with E-state index in [9.17, 15) is 0 Å². The summed E-state index contributed by atoms with van der Waals surface area (Å²) in [4.78, 5) is 8.67. The van der Waals surface area contributed by atoms with Crippen molar-refractivity contribution in [3.05, 3.63) is 169 Å². The van der Waals surface area contributed by atoms with Crippen LogP contribution in [0.25, 0.3) is 49.4 Å². The van der Waals surface area contributed by atoms with Crippen molar-refractivity contribution >= 4 is 44.2 Å². The Morgan fingerprint density at radius 2 is 1.07 bits per heavy atom. The van der Waals surface area contributed by atoms with Crippen LogP contribution in [0, 0.1) is 0 Å². The summed E-state index contributed by atoms with van der Waals surface area (Å²) in [6.07, 6.45) is 9.47. The number of hydrazone groups is 1. The molecule has 0 radical (unpaired) electrons. The van der Waals surface area contributed by atoms with Crippen molar-refractivity contribution in [3.8, 4) is 22.3 Å². The Bertz CT molecular complexity index is 2230. The van der Waals surface area contributed by atoms with Gasteiger partial charge in [-0.2, -0.15) is 5.10 Å². The maximum absolute atomic E-state index is 6.85. The van der Waals surface area contributed by atoms with Gasteiger partial charge in [0.05, 0.1) is 5.69 Å². The molecule has 45 heavy (non-hydrogen) atoms. The third kappa shape index (κ3) is 4.67. The number of anilines is 1. The monoisotopic (exact) mass is 578 g/mol. The molecule has 0 saturated carbocycles. The minimum Gasteiger partial charge on any atom is -0.278 e. The lowest BCUT2D eigenvalue weighted by Crippen LogP contribution is -2.45. The third-order valence-corrected chi connectivity index (χ3v) is 8.37. The van der Waals surface area contributed by atoms with Crippen LogP contribution in [0.1, 0.15) is 16.7 Å². The number of hydrogen-bond donors (Lipinski definition) is 2. The van der Waals surface area contributed by atoms with Gasteiger partial charge in [-0.05, 0) is 79.2 Å². The molecule has 1 aliphatic carbocycles. The quantitative estimate of drug-likeness (QED) is 0.163. The molecule has 2 aromatic heterocycles. The van der Waals surface area contributed by atoms with E-state index in [1.165, 1.54) is 16.3 Å². The number of hydrogen-bond acceptors (Lipinski definition) is 4. The van der Waals surface area contributed by atoms with E-state index >= 15 is 0 Å². The number of allylic oxidation sites excluding steroid dienone is 1. The fourth-order valence-corrected chi connectivity index (χ4v) is 6.34. The SMILES string of the molecule is [NH2+]=C1C=C(c2c3ccccc3c(-c3cccnc3)c3ccccc23)c2ccccc2/C1=N/Nc1ccc(-c2cccnc2)cc1. The van der Waals surface area contributed by atoms with Crippen molar-refractivity contribution < 1.29 is 5.41 Å². The Morgan fingerprint density at radius 1 is 0.511 bits per heavy atom. The predicted octanol–water partition coefficient (Wildman–Crippen LogP) is 7.58. The number of fused-ring (bicyclic) bond motifs is 3. The van der Waals surface area contributed by atoms with Gasteiger partial charge >= 0.3 is 0 Å². The van der Waals surface area contributed by atoms with Crippen LogP contribution in [0.4, 0.5) is 5.69 Å². The largest absolute Gasteiger partial charge is 0.278 e. The number of nitrogens with zero attached hydrogens (tertiary/aromatic N) is 3. The van der Waals surface area contributed by atoms with Crippen molar-refractivity contribution in [2.75, 3.05) is 5.43 Å². The first-order valence-corrected chi connectivity index (χ1v) is 14.9. The Hall–Kier alpha value is -6.20. The Kier molecular flexibility index (Phi) is 6.54. The van der Waals surface area contributed by atoms with E-state index in [2.05, 4.69) is 106 Å². The molecule has 8 rings (SSSR count). The fourth-order valence-electron chi connectivity index (χ4n) is 6.34. The molecule has 7 aromatic rings. The van der Waals surface area contributed by atoms with Crippen LogP contribution in [-0.4, -0.2) is 21.4 Å². The highest BCUT2D eigenvalue weighted by molar-refractivity contribution is 6.53. The molecule has 2 heterocycles. The Labute approximate surface area is 260 Å². The van der Waals surface area contributed by atoms with E-state index < -0.39 is 0 Å². The number of rotatable bonds is 5. The highest BCUT2D eigenvalue weighted by Crippen LogP contribution is 2.44. The number of benzene rings is 5. The lowest BCUT2D eigenvalue weighted by Gasteiger charge is -2.23. The van der Waals surface area contributed by atoms with Crippen molar-refractivity contribution in [2.45, 2.75) is 0 Å². The minimum atomic E-state index is 0.604. The summed E-state index contributed by atoms with van der Waals surface area (Å²) in [5.74, 6) is 0. The molecule has 5 aromatic carbocycles. The second-order valence-electron chi connectivity index (χ2n) is 11.0. The summed E-state index contributed by atoms with van der Waals surface area (Å²) in [5, 5.41) is 16.3. The van der Waals surface area contributed by atoms with Crippen molar-refractivity contribution in [1.82, 2.24) is 9.97 Å². The molecule has 5 heteroatoms. The van der Waals surface area contributed by atoms with Crippen LogP contribution in [0.5, 0.6) is 0 Å². The maximum Gasteiger partial charge on any atom is 0.225 e. The van der Waals surface area contributed by atoms with Gasteiger partial charge in [0.1, 0.15) is 0 Å². The average Bonchev–Trinajstić information content (AvgIpc) is 3.11. The highest BCUT2D eigenvalue weighted by Gasteiger charge is 2.28. The average molecular weight is 579 g/mol. The lowest BCUT2D eigenvalue weighted by molar-refractivity contribution is -0.108. The van der Waals surface area contributed by atoms with Crippen LogP contribution < -0.4 is 10.8 Å². The smallest absolute Gasteiger partial charge is 0.225 e. The standard InChI is InChI=1S/C40H27N5/c41-37-23-36(39-33-14-4-2-12-31(33)38(28-10-8-22-43-25-28)32-13-3-5-15-34(32)39)30-11-1-6-16-35(30)40(37)45-44-29-19-17-26(18-20-29)27-9-7-21-42-24-27/h1-25,41,44H/p+1/b41-37?,45-40-. The molecular formula is C40H28N5+. The molecule has 0 fully saturated rings. The number of nitrogens with two attached hydrogens (primary N) is 1. The molecule has 0 unspecified atom stereocenters. The summed E-state index contributed by atoms with van der Waals surface area (Å²) in [6.45, 7) is 0. The summed E-state index contributed by atoms with van der Waals surface area (Å²) in [7, 11) is 0. The molecule has 3 N–H and O–H groups in total. The van der Waals surface area contributed by atoms with Crippen LogP contribution in [0.2, 0.25) is 0 Å². The summed E-state index contributed by atoms with van der Waals surface area (Å²) < 4.78 is 0. The zero-order chi connectivity index (χ0) is 30.2. The van der Waals surface area contributed by atoms with Gasteiger partial charge in [0.2, 0.25) is 5.71 Å². The van der Waals surface area contributed by atoms with Crippen molar-refractivity contribution in [1.29, 1.82) is 0 Å². The molecule has 5 nitrogen and oxygen atoms in total. The normalized spacial score (nSPS) is 13.6. The number of nitrogens with one attached hydrogen (secondary N) is 1. The van der Waals surface area contributed by atoms with Gasteiger partial charge in [-0.1, -0.05) is 97.1 Å². The summed E-state index contributed by atoms with van der Waals surface area (Å²) in [6, 6.07) is 41.8. The van der Waals surface area contributed by atoms with E-state index in [-0.39, 0.29) is 0 Å². The van der Waals surface area contributed by atoms with E-state index in [4.69, 9.17) is 10.5 Å². The second-order valence-corrected chi connectivity index (χ2v) is 11.0. The number of aromatic nitrogens is 2. The minimum absolute atomic E-state index is 0.604. The van der Waals surface area contributed by atoms with E-state index in [1.54, 1.807) is 6.20 Å². The number of pyridine rings is 2. The maximum atomic E-state index is 6.85. The van der Waals surface area contributed by atoms with E-state index in [1.807, 2.05) is 55.0 Å². The zero-order valence-electron chi connectivity index (χ0n) is 24.4. The van der Waals surface area contributed by atoms with Crippen LogP contribution >= 0.6 is 0 Å². The summed E-state index contributed by atoms with van der Waals surface area (Å²) >= 11 is 0. The van der Waals surface area contributed by atoms with Gasteiger partial charge < -0.3 is 0 Å². The first-order chi connectivity index (χ1) is 22.3. The molecule has 212 valence electrons. The molecule has 0 atom stereocenters. The topological polar surface area (TPSA) is 75.8 Å². The van der Waals surface area contributed by atoms with Gasteiger partial charge in [-0.3, -0.25) is 20.8 Å². The first-order valence-electron chi connectivity index (χ1n) is 14.9. The predicted molar refractivity (Wildman–Crippen MR) is 185 cm³/mol. The van der Waals surface area contributed by atoms with Crippen LogP contribution in [0.3, 0.4) is 0 Å². The first kappa shape index (κ1) is 26.4. The fraction of sp³-hybridized carbons (Fsp3) is 0. The van der Waals surface area contributed by atoms with Gasteiger partial charge in [-0.25, -0.2) is 0 Å². The van der Waals surface area contributed by atoms with Gasteiger partial charge in [0.25, 0.3) is 0 Å². The lowest BCUT2D eigenvalue weighted by atomic mass is 9.80. The van der Waals surface area contributed by atoms with E-state index in [0.29, 0.717) is 11.4 Å². The van der Waals surface area contributed by atoms with Crippen LogP contribution in [-0.2, 0) is 0 Å². The van der Waals surface area contributed by atoms with Gasteiger partial charge in [-0.15, -0.1) is 0 Å². The molecule has 0 aliphatic heterocycles. The zero-order valence-corrected chi connectivity index (χ0v) is 24.4. The summed E-state index contributed by atoms with van der Waals surface area (Å²) in [5.41, 5.74) is 14.2. The third-order valence-electron chi connectivity index (χ3n) is 8.37. The molecule has 0 amide bonds. The molecule has 0 saturated heterocycles. The second kappa shape index (κ2) is 11.1. The van der Waals surface area contributed by atoms with E-state index in [0.717, 1.165) is 55.4 Å². The van der Waals surface area contributed by atoms with Crippen LogP contribution in [0.15, 0.2) is 157 Å². The highest BCUT2D eigenvalue weighted by atomic mass is 15.3. The van der Waals surface area contributed by atoms with Gasteiger partial charge in [0.15, 0.2) is 5.71 Å².